The monoisotopic (exact) mass is 264 g/mol. The van der Waals surface area contributed by atoms with Crippen LogP contribution in [-0.4, -0.2) is 24.3 Å². The topological polar surface area (TPSA) is 47.3 Å². The van der Waals surface area contributed by atoms with Crippen LogP contribution in [0.2, 0.25) is 5.02 Å². The van der Waals surface area contributed by atoms with Crippen LogP contribution in [0.25, 0.3) is 0 Å². The summed E-state index contributed by atoms with van der Waals surface area (Å²) in [6, 6.07) is 7.87. The molecule has 1 saturated heterocycles. The summed E-state index contributed by atoms with van der Waals surface area (Å²) in [6.07, 6.45) is 4.22. The summed E-state index contributed by atoms with van der Waals surface area (Å²) < 4.78 is 0. The second kappa shape index (κ2) is 6.08. The van der Waals surface area contributed by atoms with E-state index >= 15 is 0 Å². The van der Waals surface area contributed by atoms with Gasteiger partial charge < -0.3 is 10.0 Å². The minimum atomic E-state index is 0.203. The van der Waals surface area contributed by atoms with Crippen molar-refractivity contribution in [1.82, 2.24) is 0 Å². The number of halogens is 1. The van der Waals surface area contributed by atoms with Crippen molar-refractivity contribution in [3.8, 4) is 6.07 Å². The van der Waals surface area contributed by atoms with Crippen molar-refractivity contribution in [2.75, 3.05) is 18.1 Å². The fraction of sp³-hybridized carbons (Fsp3) is 0.500. The number of aliphatic hydroxyl groups is 1. The van der Waals surface area contributed by atoms with E-state index in [0.717, 1.165) is 31.5 Å². The predicted octanol–water partition coefficient (Wildman–Crippen LogP) is 2.95. The quantitative estimate of drug-likeness (QED) is 0.913. The van der Waals surface area contributed by atoms with Crippen molar-refractivity contribution in [2.45, 2.75) is 31.7 Å². The third kappa shape index (κ3) is 2.77. The molecule has 1 aromatic rings. The van der Waals surface area contributed by atoms with E-state index in [4.69, 9.17) is 22.0 Å². The molecule has 1 aromatic carbocycles. The maximum absolute atomic E-state index is 9.13. The van der Waals surface area contributed by atoms with Crippen LogP contribution >= 0.6 is 11.6 Å². The van der Waals surface area contributed by atoms with Crippen LogP contribution in [0.5, 0.6) is 0 Å². The zero-order chi connectivity index (χ0) is 13.0. The first-order chi connectivity index (χ1) is 8.76. The molecule has 1 unspecified atom stereocenters. The molecule has 0 amide bonds. The molecule has 1 aliphatic rings. The number of nitrogens with zero attached hydrogens (tertiary/aromatic N) is 2. The summed E-state index contributed by atoms with van der Waals surface area (Å²) in [5, 5.41) is 18.6. The van der Waals surface area contributed by atoms with Crippen molar-refractivity contribution < 1.29 is 5.11 Å². The average molecular weight is 265 g/mol. The summed E-state index contributed by atoms with van der Waals surface area (Å²) in [5.41, 5.74) is 1.56. The lowest BCUT2D eigenvalue weighted by Gasteiger charge is -2.38. The number of anilines is 1. The largest absolute Gasteiger partial charge is 0.396 e. The molecule has 3 nitrogen and oxygen atoms in total. The molecule has 0 saturated carbocycles. The summed E-state index contributed by atoms with van der Waals surface area (Å²) >= 11 is 6.25. The third-order valence-corrected chi connectivity index (χ3v) is 3.78. The molecule has 1 heterocycles. The van der Waals surface area contributed by atoms with E-state index < -0.39 is 0 Å². The number of hydrogen-bond donors (Lipinski definition) is 1. The molecule has 0 aromatic heterocycles. The summed E-state index contributed by atoms with van der Waals surface area (Å²) in [7, 11) is 0. The van der Waals surface area contributed by atoms with E-state index in [9.17, 15) is 0 Å². The fourth-order valence-electron chi connectivity index (χ4n) is 2.58. The number of hydrogen-bond acceptors (Lipinski definition) is 3. The van der Waals surface area contributed by atoms with Crippen LogP contribution in [0.3, 0.4) is 0 Å². The van der Waals surface area contributed by atoms with Gasteiger partial charge in [0, 0.05) is 19.2 Å². The number of aliphatic hydroxyl groups excluding tert-OH is 1. The Bertz CT molecular complexity index is 454. The van der Waals surface area contributed by atoms with Crippen molar-refractivity contribution in [3.05, 3.63) is 28.8 Å². The maximum atomic E-state index is 9.13. The van der Waals surface area contributed by atoms with Crippen molar-refractivity contribution in [1.29, 1.82) is 5.26 Å². The van der Waals surface area contributed by atoms with E-state index in [2.05, 4.69) is 11.0 Å². The Kier molecular flexibility index (Phi) is 4.46. The lowest BCUT2D eigenvalue weighted by Crippen LogP contribution is -2.40. The van der Waals surface area contributed by atoms with Gasteiger partial charge in [-0.3, -0.25) is 0 Å². The van der Waals surface area contributed by atoms with Gasteiger partial charge in [-0.2, -0.15) is 5.26 Å². The van der Waals surface area contributed by atoms with Crippen LogP contribution in [0, 0.1) is 11.3 Å². The first-order valence-electron chi connectivity index (χ1n) is 6.33. The maximum Gasteiger partial charge on any atom is 0.0992 e. The molecule has 0 bridgehead atoms. The van der Waals surface area contributed by atoms with Gasteiger partial charge in [0.15, 0.2) is 0 Å². The van der Waals surface area contributed by atoms with Gasteiger partial charge in [0.2, 0.25) is 0 Å². The van der Waals surface area contributed by atoms with Gasteiger partial charge in [0.05, 0.1) is 22.3 Å². The average Bonchev–Trinajstić information content (AvgIpc) is 2.40. The highest BCUT2D eigenvalue weighted by Crippen LogP contribution is 2.32. The molecule has 1 N–H and O–H groups in total. The van der Waals surface area contributed by atoms with E-state index in [1.54, 1.807) is 12.1 Å². The fourth-order valence-corrected chi connectivity index (χ4v) is 2.87. The Hall–Kier alpha value is -1.24. The van der Waals surface area contributed by atoms with Crippen LogP contribution in [-0.2, 0) is 0 Å². The van der Waals surface area contributed by atoms with Gasteiger partial charge in [0.1, 0.15) is 0 Å². The summed E-state index contributed by atoms with van der Waals surface area (Å²) in [4.78, 5) is 2.27. The van der Waals surface area contributed by atoms with E-state index in [1.807, 2.05) is 6.07 Å². The number of benzene rings is 1. The smallest absolute Gasteiger partial charge is 0.0992 e. The Labute approximate surface area is 113 Å². The molecule has 18 heavy (non-hydrogen) atoms. The van der Waals surface area contributed by atoms with Gasteiger partial charge in [-0.25, -0.2) is 0 Å². The molecule has 0 radical (unpaired) electrons. The molecule has 1 atom stereocenters. The molecule has 2 rings (SSSR count). The van der Waals surface area contributed by atoms with E-state index in [1.165, 1.54) is 6.42 Å². The van der Waals surface area contributed by atoms with Crippen molar-refractivity contribution >= 4 is 17.3 Å². The summed E-state index contributed by atoms with van der Waals surface area (Å²) in [5.74, 6) is 0. The van der Waals surface area contributed by atoms with Crippen molar-refractivity contribution in [3.63, 3.8) is 0 Å². The second-order valence-electron chi connectivity index (χ2n) is 4.63. The van der Waals surface area contributed by atoms with Crippen LogP contribution in [0.4, 0.5) is 5.69 Å². The first kappa shape index (κ1) is 13.2. The van der Waals surface area contributed by atoms with E-state index in [-0.39, 0.29) is 6.61 Å². The molecule has 4 heteroatoms. The molecular weight excluding hydrogens is 248 g/mol. The lowest BCUT2D eigenvalue weighted by atomic mass is 9.98. The Morgan fingerprint density at radius 2 is 2.28 bits per heavy atom. The normalized spacial score (nSPS) is 19.6. The summed E-state index contributed by atoms with van der Waals surface area (Å²) in [6.45, 7) is 1.17. The lowest BCUT2D eigenvalue weighted by molar-refractivity contribution is 0.262. The zero-order valence-electron chi connectivity index (χ0n) is 10.3. The highest BCUT2D eigenvalue weighted by molar-refractivity contribution is 6.33. The molecule has 0 spiro atoms. The van der Waals surface area contributed by atoms with Crippen LogP contribution in [0.15, 0.2) is 18.2 Å². The SMILES string of the molecule is N#Cc1ccc(N2CCCCC2CCO)c(Cl)c1. The minimum Gasteiger partial charge on any atom is -0.396 e. The van der Waals surface area contributed by atoms with Gasteiger partial charge in [-0.05, 0) is 43.9 Å². The van der Waals surface area contributed by atoms with Crippen molar-refractivity contribution in [2.24, 2.45) is 0 Å². The highest BCUT2D eigenvalue weighted by Gasteiger charge is 2.23. The van der Waals surface area contributed by atoms with Gasteiger partial charge in [-0.1, -0.05) is 11.6 Å². The Balaban J connectivity index is 2.25. The molecule has 1 aliphatic heterocycles. The Morgan fingerprint density at radius 3 is 2.94 bits per heavy atom. The molecule has 0 aliphatic carbocycles. The predicted molar refractivity (Wildman–Crippen MR) is 72.9 cm³/mol. The number of nitriles is 1. The highest BCUT2D eigenvalue weighted by atomic mass is 35.5. The van der Waals surface area contributed by atoms with Gasteiger partial charge in [0.25, 0.3) is 0 Å². The van der Waals surface area contributed by atoms with Crippen LogP contribution < -0.4 is 4.90 Å². The first-order valence-corrected chi connectivity index (χ1v) is 6.71. The number of piperidine rings is 1. The molecule has 1 fully saturated rings. The molecular formula is C14H17ClN2O. The third-order valence-electron chi connectivity index (χ3n) is 3.48. The van der Waals surface area contributed by atoms with Gasteiger partial charge >= 0.3 is 0 Å². The molecule has 96 valence electrons. The minimum absolute atomic E-state index is 0.203. The zero-order valence-corrected chi connectivity index (χ0v) is 11.0. The van der Waals surface area contributed by atoms with Crippen LogP contribution in [0.1, 0.15) is 31.2 Å². The Morgan fingerprint density at radius 1 is 1.44 bits per heavy atom. The standard InChI is InChI=1S/C14H17ClN2O/c15-13-9-11(10-16)4-5-14(13)17-7-2-1-3-12(17)6-8-18/h4-5,9,12,18H,1-3,6-8H2. The number of rotatable bonds is 3. The second-order valence-corrected chi connectivity index (χ2v) is 5.04. The van der Waals surface area contributed by atoms with Gasteiger partial charge in [-0.15, -0.1) is 0 Å². The van der Waals surface area contributed by atoms with E-state index in [0.29, 0.717) is 16.6 Å².